The van der Waals surface area contributed by atoms with Crippen molar-refractivity contribution in [3.8, 4) is 0 Å². The molecule has 0 bridgehead atoms. The Morgan fingerprint density at radius 1 is 1.30 bits per heavy atom. The van der Waals surface area contributed by atoms with Crippen molar-refractivity contribution in [2.45, 2.75) is 57.6 Å². The molecule has 3 aliphatic rings. The molecule has 0 aromatic heterocycles. The number of nitrogens with zero attached hydrogens (tertiary/aromatic N) is 1. The molecule has 3 rings (SSSR count). The van der Waals surface area contributed by atoms with Crippen molar-refractivity contribution in [1.29, 1.82) is 0 Å². The Balaban J connectivity index is 1.40. The van der Waals surface area contributed by atoms with Gasteiger partial charge in [-0.2, -0.15) is 0 Å². The number of hydrogen-bond acceptors (Lipinski definition) is 5. The van der Waals surface area contributed by atoms with Gasteiger partial charge in [0.2, 0.25) is 5.91 Å². The maximum Gasteiger partial charge on any atom is 0.410 e. The van der Waals surface area contributed by atoms with Gasteiger partial charge in [0, 0.05) is 37.9 Å². The van der Waals surface area contributed by atoms with Crippen molar-refractivity contribution in [3.63, 3.8) is 0 Å². The summed E-state index contributed by atoms with van der Waals surface area (Å²) in [5, 5.41) is 7.93. The number of likely N-dealkylation sites (tertiary alicyclic amines) is 1. The van der Waals surface area contributed by atoms with E-state index in [0.29, 0.717) is 32.5 Å². The maximum absolute atomic E-state index is 12.2. The van der Waals surface area contributed by atoms with E-state index < -0.39 is 17.2 Å². The minimum atomic E-state index is -0.881. The third-order valence-corrected chi connectivity index (χ3v) is 5.42. The Bertz CT molecular complexity index is 653. The number of ether oxygens (including phenoxy) is 1. The van der Waals surface area contributed by atoms with Crippen molar-refractivity contribution in [2.24, 2.45) is 11.8 Å². The molecule has 0 aromatic rings. The molecule has 0 radical (unpaired) electrons. The number of urea groups is 1. The van der Waals surface area contributed by atoms with E-state index in [9.17, 15) is 19.2 Å². The van der Waals surface area contributed by atoms with Crippen molar-refractivity contribution in [2.75, 3.05) is 19.6 Å². The van der Waals surface area contributed by atoms with Crippen LogP contribution in [0.25, 0.3) is 0 Å². The molecule has 27 heavy (non-hydrogen) atoms. The fraction of sp³-hybridized carbons (Fsp3) is 0.778. The monoisotopic (exact) mass is 380 g/mol. The number of hydrogen-bond donors (Lipinski definition) is 3. The number of rotatable bonds is 4. The number of carbonyl (C=O) groups is 4. The Morgan fingerprint density at radius 2 is 2.00 bits per heavy atom. The van der Waals surface area contributed by atoms with Gasteiger partial charge in [0.1, 0.15) is 11.1 Å². The van der Waals surface area contributed by atoms with Gasteiger partial charge < -0.3 is 20.3 Å². The van der Waals surface area contributed by atoms with E-state index in [1.54, 1.807) is 4.90 Å². The molecule has 1 saturated carbocycles. The lowest BCUT2D eigenvalue weighted by molar-refractivity contribution is -0.127. The molecular formula is C18H28N4O5. The van der Waals surface area contributed by atoms with Gasteiger partial charge in [-0.25, -0.2) is 9.59 Å². The third kappa shape index (κ3) is 4.17. The second-order valence-electron chi connectivity index (χ2n) is 8.73. The molecule has 0 aromatic carbocycles. The first-order chi connectivity index (χ1) is 12.6. The third-order valence-electron chi connectivity index (χ3n) is 5.42. The van der Waals surface area contributed by atoms with E-state index in [-0.39, 0.29) is 29.7 Å². The average molecular weight is 380 g/mol. The quantitative estimate of drug-likeness (QED) is 0.622. The van der Waals surface area contributed by atoms with E-state index in [2.05, 4.69) is 16.0 Å². The highest BCUT2D eigenvalue weighted by molar-refractivity contribution is 6.07. The summed E-state index contributed by atoms with van der Waals surface area (Å²) < 4.78 is 5.30. The van der Waals surface area contributed by atoms with Crippen LogP contribution in [0.3, 0.4) is 0 Å². The van der Waals surface area contributed by atoms with Gasteiger partial charge in [-0.3, -0.25) is 14.9 Å². The largest absolute Gasteiger partial charge is 0.444 e. The minimum absolute atomic E-state index is 0.101. The summed E-state index contributed by atoms with van der Waals surface area (Å²) in [6.45, 7) is 6.83. The van der Waals surface area contributed by atoms with Crippen LogP contribution in [0.1, 0.15) is 46.5 Å². The summed E-state index contributed by atoms with van der Waals surface area (Å²) in [6.07, 6.45) is 2.19. The maximum atomic E-state index is 12.2. The van der Waals surface area contributed by atoms with Crippen LogP contribution >= 0.6 is 0 Å². The molecule has 150 valence electrons. The van der Waals surface area contributed by atoms with E-state index in [1.165, 1.54) is 0 Å². The summed E-state index contributed by atoms with van der Waals surface area (Å²) >= 11 is 0. The zero-order valence-corrected chi connectivity index (χ0v) is 16.1. The molecule has 0 unspecified atom stereocenters. The van der Waals surface area contributed by atoms with Crippen molar-refractivity contribution in [1.82, 2.24) is 20.9 Å². The van der Waals surface area contributed by atoms with E-state index >= 15 is 0 Å². The van der Waals surface area contributed by atoms with E-state index in [4.69, 9.17) is 4.74 Å². The highest BCUT2D eigenvalue weighted by Crippen LogP contribution is 2.37. The van der Waals surface area contributed by atoms with Crippen molar-refractivity contribution >= 4 is 23.9 Å². The fourth-order valence-electron chi connectivity index (χ4n) is 4.07. The molecule has 3 N–H and O–H groups in total. The van der Waals surface area contributed by atoms with Gasteiger partial charge in [-0.1, -0.05) is 6.42 Å². The normalized spacial score (nSPS) is 28.0. The number of carbonyl (C=O) groups excluding carboxylic acids is 4. The topological polar surface area (TPSA) is 117 Å². The van der Waals surface area contributed by atoms with E-state index in [0.717, 1.165) is 12.8 Å². The first-order valence-corrected chi connectivity index (χ1v) is 9.47. The average Bonchev–Trinajstić information content (AvgIpc) is 3.02. The van der Waals surface area contributed by atoms with Crippen LogP contribution in [0.2, 0.25) is 0 Å². The smallest absolute Gasteiger partial charge is 0.410 e. The van der Waals surface area contributed by atoms with Crippen molar-refractivity contribution in [3.05, 3.63) is 0 Å². The lowest BCUT2D eigenvalue weighted by atomic mass is 9.87. The molecule has 1 spiro atoms. The molecule has 5 amide bonds. The van der Waals surface area contributed by atoms with Crippen molar-refractivity contribution < 1.29 is 23.9 Å². The highest BCUT2D eigenvalue weighted by Gasteiger charge is 2.54. The predicted octanol–water partition coefficient (Wildman–Crippen LogP) is 0.738. The molecule has 2 atom stereocenters. The molecule has 9 nitrogen and oxygen atoms in total. The molecule has 9 heteroatoms. The van der Waals surface area contributed by atoms with Gasteiger partial charge in [-0.05, 0) is 33.6 Å². The first kappa shape index (κ1) is 19.4. The summed E-state index contributed by atoms with van der Waals surface area (Å²) in [5.41, 5.74) is -1.41. The highest BCUT2D eigenvalue weighted by atomic mass is 16.6. The van der Waals surface area contributed by atoms with E-state index in [1.807, 2.05) is 20.8 Å². The molecule has 2 heterocycles. The minimum Gasteiger partial charge on any atom is -0.444 e. The van der Waals surface area contributed by atoms with Crippen LogP contribution in [-0.2, 0) is 14.3 Å². The Hall–Kier alpha value is -2.32. The SMILES string of the molecule is CC(C)(C)OC(=O)N1CC(CC(=O)NC[C@H]2CCC[C@]23NC(=O)NC3=O)C1. The lowest BCUT2D eigenvalue weighted by Crippen LogP contribution is -2.54. The molecular weight excluding hydrogens is 352 g/mol. The van der Waals surface area contributed by atoms with Crippen LogP contribution in [-0.4, -0.2) is 59.6 Å². The first-order valence-electron chi connectivity index (χ1n) is 9.47. The summed E-state index contributed by atoms with van der Waals surface area (Å²) in [5.74, 6) is -0.385. The van der Waals surface area contributed by atoms with Crippen LogP contribution in [0.5, 0.6) is 0 Å². The molecule has 2 aliphatic heterocycles. The molecule has 3 fully saturated rings. The Labute approximate surface area is 158 Å². The van der Waals surface area contributed by atoms with Gasteiger partial charge in [0.15, 0.2) is 0 Å². The summed E-state index contributed by atoms with van der Waals surface area (Å²) in [7, 11) is 0. The van der Waals surface area contributed by atoms with Gasteiger partial charge in [0.25, 0.3) is 5.91 Å². The Kier molecular flexibility index (Phi) is 5.05. The molecule has 2 saturated heterocycles. The second kappa shape index (κ2) is 7.01. The zero-order valence-electron chi connectivity index (χ0n) is 16.1. The number of nitrogens with one attached hydrogen (secondary N) is 3. The van der Waals surface area contributed by atoms with Gasteiger partial charge >= 0.3 is 12.1 Å². The van der Waals surface area contributed by atoms with Crippen LogP contribution in [0.15, 0.2) is 0 Å². The van der Waals surface area contributed by atoms with Crippen LogP contribution in [0, 0.1) is 11.8 Å². The Morgan fingerprint density at radius 3 is 2.59 bits per heavy atom. The standard InChI is InChI=1S/C18H28N4O5/c1-17(2,3)27-16(26)22-9-11(10-22)7-13(23)19-8-12-5-4-6-18(12)14(24)20-15(25)21-18/h11-12H,4-10H2,1-3H3,(H,19,23)(H2,20,21,24,25)/t12-,18+/m1/s1. The summed E-state index contributed by atoms with van der Waals surface area (Å²) in [6, 6.07) is -0.463. The van der Waals surface area contributed by atoms with Gasteiger partial charge in [0.05, 0.1) is 0 Å². The molecule has 1 aliphatic carbocycles. The number of imide groups is 1. The van der Waals surface area contributed by atoms with Gasteiger partial charge in [-0.15, -0.1) is 0 Å². The van der Waals surface area contributed by atoms with Crippen LogP contribution < -0.4 is 16.0 Å². The van der Waals surface area contributed by atoms with Crippen LogP contribution in [0.4, 0.5) is 9.59 Å². The summed E-state index contributed by atoms with van der Waals surface area (Å²) in [4.78, 5) is 49.3. The zero-order chi connectivity index (χ0) is 19.8. The fourth-order valence-corrected chi connectivity index (χ4v) is 4.07. The second-order valence-corrected chi connectivity index (χ2v) is 8.73. The number of amides is 5. The predicted molar refractivity (Wildman–Crippen MR) is 95.7 cm³/mol. The lowest BCUT2D eigenvalue weighted by Gasteiger charge is -2.39.